The third-order valence-electron chi connectivity index (χ3n) is 3.23. The zero-order valence-corrected chi connectivity index (χ0v) is 11.5. The van der Waals surface area contributed by atoms with Gasteiger partial charge in [0, 0.05) is 47.6 Å². The van der Waals surface area contributed by atoms with Gasteiger partial charge in [0.1, 0.15) is 0 Å². The summed E-state index contributed by atoms with van der Waals surface area (Å²) in [6.07, 6.45) is 1.81. The lowest BCUT2D eigenvalue weighted by Gasteiger charge is -2.22. The Hall–Kier alpha value is -2.28. The predicted molar refractivity (Wildman–Crippen MR) is 78.9 cm³/mol. The number of fused-ring (bicyclic) bond motifs is 1. The number of aryl methyl sites for hydroxylation is 1. The Bertz CT molecular complexity index is 642. The van der Waals surface area contributed by atoms with E-state index in [0.29, 0.717) is 6.54 Å². The van der Waals surface area contributed by atoms with Crippen molar-refractivity contribution < 1.29 is 0 Å². The first kappa shape index (κ1) is 13.2. The van der Waals surface area contributed by atoms with Gasteiger partial charge in [-0.25, -0.2) is 0 Å². The lowest BCUT2D eigenvalue weighted by Crippen LogP contribution is -2.23. The van der Waals surface area contributed by atoms with Crippen molar-refractivity contribution in [1.29, 1.82) is 5.26 Å². The Morgan fingerprint density at radius 1 is 1.42 bits per heavy atom. The first-order valence-electron chi connectivity index (χ1n) is 6.28. The van der Waals surface area contributed by atoms with Gasteiger partial charge >= 0.3 is 0 Å². The van der Waals surface area contributed by atoms with E-state index in [4.69, 9.17) is 11.0 Å². The normalized spacial score (nSPS) is 12.1. The van der Waals surface area contributed by atoms with Crippen LogP contribution in [0.5, 0.6) is 0 Å². The molecule has 0 aliphatic rings. The van der Waals surface area contributed by atoms with Crippen LogP contribution >= 0.6 is 0 Å². The molecule has 1 unspecified atom stereocenters. The number of hydrogen-bond donors (Lipinski definition) is 1. The van der Waals surface area contributed by atoms with Crippen LogP contribution in [0.3, 0.4) is 0 Å². The lowest BCUT2D eigenvalue weighted by atomic mass is 10.1. The van der Waals surface area contributed by atoms with Gasteiger partial charge in [0.2, 0.25) is 0 Å². The van der Waals surface area contributed by atoms with Crippen molar-refractivity contribution in [1.82, 2.24) is 4.98 Å². The zero-order chi connectivity index (χ0) is 14.0. The standard InChI is InChI=1S/C15H18N4/c1-10(7-16)9-19(3)15-5-4-14(17)13-8-18-11(2)6-12(13)15/h4-6,8,10H,9,17H2,1-3H3. The molecule has 0 amide bonds. The molecular formula is C15H18N4. The number of aromatic nitrogens is 1. The maximum Gasteiger partial charge on any atom is 0.0671 e. The minimum atomic E-state index is -0.0134. The van der Waals surface area contributed by atoms with Crippen molar-refractivity contribution in [2.24, 2.45) is 5.92 Å². The minimum Gasteiger partial charge on any atom is -0.398 e. The molecule has 19 heavy (non-hydrogen) atoms. The van der Waals surface area contributed by atoms with Gasteiger partial charge in [0.25, 0.3) is 0 Å². The topological polar surface area (TPSA) is 65.9 Å². The zero-order valence-electron chi connectivity index (χ0n) is 11.5. The van der Waals surface area contributed by atoms with Gasteiger partial charge in [-0.1, -0.05) is 0 Å². The van der Waals surface area contributed by atoms with Gasteiger partial charge in [-0.15, -0.1) is 0 Å². The number of pyridine rings is 1. The molecule has 4 heteroatoms. The van der Waals surface area contributed by atoms with Crippen LogP contribution in [0.25, 0.3) is 10.8 Å². The summed E-state index contributed by atoms with van der Waals surface area (Å²) in [5.41, 5.74) is 8.76. The second kappa shape index (κ2) is 5.15. The molecule has 0 fully saturated rings. The van der Waals surface area contributed by atoms with Crippen molar-refractivity contribution >= 4 is 22.1 Å². The molecule has 0 radical (unpaired) electrons. The first-order chi connectivity index (χ1) is 9.02. The summed E-state index contributed by atoms with van der Waals surface area (Å²) in [6.45, 7) is 4.57. The van der Waals surface area contributed by atoms with Crippen LogP contribution in [-0.4, -0.2) is 18.6 Å². The largest absolute Gasteiger partial charge is 0.398 e. The van der Waals surface area contributed by atoms with E-state index in [1.54, 1.807) is 0 Å². The number of hydrogen-bond acceptors (Lipinski definition) is 4. The number of rotatable bonds is 3. The summed E-state index contributed by atoms with van der Waals surface area (Å²) in [4.78, 5) is 6.39. The molecule has 2 rings (SSSR count). The third kappa shape index (κ3) is 2.60. The monoisotopic (exact) mass is 254 g/mol. The first-order valence-corrected chi connectivity index (χ1v) is 6.28. The Morgan fingerprint density at radius 3 is 2.84 bits per heavy atom. The van der Waals surface area contributed by atoms with Crippen LogP contribution in [0.4, 0.5) is 11.4 Å². The van der Waals surface area contributed by atoms with Crippen LogP contribution in [0, 0.1) is 24.2 Å². The van der Waals surface area contributed by atoms with E-state index in [0.717, 1.165) is 27.8 Å². The molecule has 0 aliphatic carbocycles. The second-order valence-electron chi connectivity index (χ2n) is 4.96. The highest BCUT2D eigenvalue weighted by Crippen LogP contribution is 2.30. The van der Waals surface area contributed by atoms with Crippen LogP contribution in [0.1, 0.15) is 12.6 Å². The quantitative estimate of drug-likeness (QED) is 0.855. The van der Waals surface area contributed by atoms with Crippen LogP contribution < -0.4 is 10.6 Å². The number of nitrogens with zero attached hydrogens (tertiary/aromatic N) is 3. The van der Waals surface area contributed by atoms with E-state index in [1.165, 1.54) is 0 Å². The van der Waals surface area contributed by atoms with E-state index in [-0.39, 0.29) is 5.92 Å². The number of anilines is 2. The van der Waals surface area contributed by atoms with Crippen LogP contribution in [0.15, 0.2) is 24.4 Å². The highest BCUT2D eigenvalue weighted by molar-refractivity contribution is 6.01. The smallest absolute Gasteiger partial charge is 0.0671 e. The molecule has 2 N–H and O–H groups in total. The minimum absolute atomic E-state index is 0.0134. The molecule has 98 valence electrons. The maximum absolute atomic E-state index is 8.93. The van der Waals surface area contributed by atoms with Crippen molar-refractivity contribution in [3.63, 3.8) is 0 Å². The number of nitrogens with two attached hydrogens (primary N) is 1. The van der Waals surface area contributed by atoms with Gasteiger partial charge in [-0.3, -0.25) is 4.98 Å². The van der Waals surface area contributed by atoms with E-state index >= 15 is 0 Å². The van der Waals surface area contributed by atoms with Gasteiger partial charge in [-0.05, 0) is 32.0 Å². The summed E-state index contributed by atoms with van der Waals surface area (Å²) in [5.74, 6) is -0.0134. The Morgan fingerprint density at radius 2 is 2.16 bits per heavy atom. The lowest BCUT2D eigenvalue weighted by molar-refractivity contribution is 0.718. The summed E-state index contributed by atoms with van der Waals surface area (Å²) in [5, 5.41) is 11.0. The molecule has 1 aromatic heterocycles. The average molecular weight is 254 g/mol. The summed E-state index contributed by atoms with van der Waals surface area (Å²) >= 11 is 0. The molecule has 4 nitrogen and oxygen atoms in total. The number of benzene rings is 1. The molecule has 0 spiro atoms. The number of nitriles is 1. The summed E-state index contributed by atoms with van der Waals surface area (Å²) in [6, 6.07) is 8.19. The highest BCUT2D eigenvalue weighted by atomic mass is 15.1. The average Bonchev–Trinajstić information content (AvgIpc) is 2.38. The number of nitrogen functional groups attached to an aromatic ring is 1. The van der Waals surface area contributed by atoms with E-state index in [1.807, 2.05) is 45.3 Å². The molecule has 2 aromatic rings. The van der Waals surface area contributed by atoms with Gasteiger partial charge in [-0.2, -0.15) is 5.26 Å². The van der Waals surface area contributed by atoms with E-state index in [2.05, 4.69) is 16.0 Å². The van der Waals surface area contributed by atoms with Crippen LogP contribution in [0.2, 0.25) is 0 Å². The molecule has 0 bridgehead atoms. The fourth-order valence-corrected chi connectivity index (χ4v) is 2.23. The summed E-state index contributed by atoms with van der Waals surface area (Å²) in [7, 11) is 1.99. The second-order valence-corrected chi connectivity index (χ2v) is 4.96. The maximum atomic E-state index is 8.93. The van der Waals surface area contributed by atoms with E-state index < -0.39 is 0 Å². The fraction of sp³-hybridized carbons (Fsp3) is 0.333. The van der Waals surface area contributed by atoms with Gasteiger partial charge < -0.3 is 10.6 Å². The molecule has 0 saturated carbocycles. The Kier molecular flexibility index (Phi) is 3.57. The summed E-state index contributed by atoms with van der Waals surface area (Å²) < 4.78 is 0. The molecule has 0 saturated heterocycles. The highest BCUT2D eigenvalue weighted by Gasteiger charge is 2.11. The molecule has 1 heterocycles. The van der Waals surface area contributed by atoms with Crippen molar-refractivity contribution in [3.8, 4) is 6.07 Å². The van der Waals surface area contributed by atoms with Gasteiger partial charge in [0.05, 0.1) is 12.0 Å². The molecule has 0 aliphatic heterocycles. The molecular weight excluding hydrogens is 236 g/mol. The Labute approximate surface area is 113 Å². The Balaban J connectivity index is 2.52. The van der Waals surface area contributed by atoms with E-state index in [9.17, 15) is 0 Å². The fourth-order valence-electron chi connectivity index (χ4n) is 2.23. The van der Waals surface area contributed by atoms with Crippen molar-refractivity contribution in [2.45, 2.75) is 13.8 Å². The van der Waals surface area contributed by atoms with Gasteiger partial charge in [0.15, 0.2) is 0 Å². The third-order valence-corrected chi connectivity index (χ3v) is 3.23. The van der Waals surface area contributed by atoms with Crippen molar-refractivity contribution in [2.75, 3.05) is 24.2 Å². The SMILES string of the molecule is Cc1cc2c(N(C)CC(C)C#N)ccc(N)c2cn1. The predicted octanol–water partition coefficient (Wildman–Crippen LogP) is 2.72. The van der Waals surface area contributed by atoms with Crippen molar-refractivity contribution in [3.05, 3.63) is 30.1 Å². The molecule has 1 atom stereocenters. The van der Waals surface area contributed by atoms with Crippen LogP contribution in [-0.2, 0) is 0 Å². The molecule has 1 aromatic carbocycles.